The number of rotatable bonds is 10. The van der Waals surface area contributed by atoms with Crippen molar-refractivity contribution in [3.63, 3.8) is 0 Å². The molecule has 132 valence electrons. The fourth-order valence-electron chi connectivity index (χ4n) is 2.66. The Morgan fingerprint density at radius 3 is 2.40 bits per heavy atom. The fourth-order valence-corrected chi connectivity index (χ4v) is 2.66. The van der Waals surface area contributed by atoms with Gasteiger partial charge in [0.25, 0.3) is 0 Å². The summed E-state index contributed by atoms with van der Waals surface area (Å²) >= 11 is 0. The monoisotopic (exact) mass is 340 g/mol. The fraction of sp³-hybridized carbons (Fsp3) is 0.350. The highest BCUT2D eigenvalue weighted by Gasteiger charge is 2.12. The molecule has 1 amide bonds. The van der Waals surface area contributed by atoms with Gasteiger partial charge < -0.3 is 10.0 Å². The third-order valence-electron chi connectivity index (χ3n) is 4.04. The zero-order chi connectivity index (χ0) is 17.9. The van der Waals surface area contributed by atoms with Crippen molar-refractivity contribution in [2.75, 3.05) is 6.54 Å². The number of Topliss-reactive ketones (excluding diaryl/α,β-unsaturated/α-hetero) is 1. The van der Waals surface area contributed by atoms with Gasteiger partial charge in [-0.15, -0.1) is 0 Å². The van der Waals surface area contributed by atoms with E-state index < -0.39 is 6.09 Å². The van der Waals surface area contributed by atoms with Crippen molar-refractivity contribution in [2.45, 2.75) is 38.6 Å². The Kier molecular flexibility index (Phi) is 7.63. The molecule has 0 aliphatic heterocycles. The molecule has 1 aromatic heterocycles. The minimum Gasteiger partial charge on any atom is -0.465 e. The summed E-state index contributed by atoms with van der Waals surface area (Å²) in [5, 5.41) is 9.30. The van der Waals surface area contributed by atoms with Gasteiger partial charge >= 0.3 is 6.09 Å². The predicted molar refractivity (Wildman–Crippen MR) is 96.5 cm³/mol. The van der Waals surface area contributed by atoms with Crippen LogP contribution in [0.3, 0.4) is 0 Å². The number of carbonyl (C=O) groups excluding carboxylic acids is 1. The molecule has 0 unspecified atom stereocenters. The normalized spacial score (nSPS) is 10.4. The number of benzene rings is 1. The zero-order valence-electron chi connectivity index (χ0n) is 14.3. The summed E-state index contributed by atoms with van der Waals surface area (Å²) < 4.78 is 0. The minimum absolute atomic E-state index is 0.171. The van der Waals surface area contributed by atoms with Crippen LogP contribution in [-0.4, -0.2) is 33.4 Å². The number of unbranched alkanes of at least 4 members (excludes halogenated alkanes) is 3. The number of carbonyl (C=O) groups is 2. The van der Waals surface area contributed by atoms with Crippen molar-refractivity contribution in [2.24, 2.45) is 0 Å². The van der Waals surface area contributed by atoms with Crippen molar-refractivity contribution in [1.29, 1.82) is 0 Å². The summed E-state index contributed by atoms with van der Waals surface area (Å²) in [6.07, 6.45) is 6.47. The van der Waals surface area contributed by atoms with Gasteiger partial charge in [-0.1, -0.05) is 49.2 Å². The van der Waals surface area contributed by atoms with Crippen LogP contribution in [0, 0.1) is 0 Å². The number of amides is 1. The first-order valence-corrected chi connectivity index (χ1v) is 8.62. The second kappa shape index (κ2) is 10.2. The Bertz CT molecular complexity index is 659. The summed E-state index contributed by atoms with van der Waals surface area (Å²) in [6, 6.07) is 13.0. The Morgan fingerprint density at radius 2 is 1.72 bits per heavy atom. The Hall–Kier alpha value is -2.69. The molecule has 1 aromatic carbocycles. The number of hydrogen-bond acceptors (Lipinski definition) is 3. The molecule has 2 rings (SSSR count). The van der Waals surface area contributed by atoms with Crippen molar-refractivity contribution >= 4 is 11.9 Å². The van der Waals surface area contributed by atoms with E-state index in [2.05, 4.69) is 4.98 Å². The van der Waals surface area contributed by atoms with Crippen LogP contribution < -0.4 is 0 Å². The number of hydrogen-bond donors (Lipinski definition) is 1. The number of nitrogens with zero attached hydrogens (tertiary/aromatic N) is 2. The van der Waals surface area contributed by atoms with Gasteiger partial charge in [0, 0.05) is 30.9 Å². The van der Waals surface area contributed by atoms with E-state index in [9.17, 15) is 14.7 Å². The minimum atomic E-state index is -0.914. The molecule has 0 aliphatic carbocycles. The molecule has 0 radical (unpaired) electrons. The van der Waals surface area contributed by atoms with Crippen LogP contribution in [-0.2, 0) is 6.54 Å². The zero-order valence-corrected chi connectivity index (χ0v) is 14.3. The molecule has 0 saturated carbocycles. The van der Waals surface area contributed by atoms with E-state index in [4.69, 9.17) is 0 Å². The summed E-state index contributed by atoms with van der Waals surface area (Å²) in [5.74, 6) is 0.171. The molecule has 2 aromatic rings. The van der Waals surface area contributed by atoms with Gasteiger partial charge in [0.1, 0.15) is 0 Å². The molecule has 0 fully saturated rings. The summed E-state index contributed by atoms with van der Waals surface area (Å²) in [5.41, 5.74) is 1.65. The second-order valence-electron chi connectivity index (χ2n) is 6.02. The van der Waals surface area contributed by atoms with Crippen LogP contribution in [0.4, 0.5) is 4.79 Å². The van der Waals surface area contributed by atoms with Crippen molar-refractivity contribution in [1.82, 2.24) is 9.88 Å². The lowest BCUT2D eigenvalue weighted by atomic mass is 10.0. The first-order valence-electron chi connectivity index (χ1n) is 8.62. The average molecular weight is 340 g/mol. The number of carboxylic acid groups (broad SMARTS) is 1. The lowest BCUT2D eigenvalue weighted by molar-refractivity contribution is 0.0979. The van der Waals surface area contributed by atoms with Crippen molar-refractivity contribution < 1.29 is 14.7 Å². The number of aromatic nitrogens is 1. The third-order valence-corrected chi connectivity index (χ3v) is 4.04. The van der Waals surface area contributed by atoms with Crippen molar-refractivity contribution in [3.8, 4) is 0 Å². The Balaban J connectivity index is 1.63. The molecule has 0 bridgehead atoms. The molecule has 5 nitrogen and oxygen atoms in total. The van der Waals surface area contributed by atoms with Gasteiger partial charge in [-0.05, 0) is 24.5 Å². The molecular formula is C20H24N2O3. The Labute approximate surface area is 148 Å². The summed E-state index contributed by atoms with van der Waals surface area (Å²) in [6.45, 7) is 0.854. The van der Waals surface area contributed by atoms with Gasteiger partial charge in [0.15, 0.2) is 5.78 Å². The third kappa shape index (κ3) is 6.75. The first-order chi connectivity index (χ1) is 12.2. The highest BCUT2D eigenvalue weighted by atomic mass is 16.4. The number of pyridine rings is 1. The molecule has 1 N–H and O–H groups in total. The highest BCUT2D eigenvalue weighted by Crippen LogP contribution is 2.11. The molecule has 0 aliphatic rings. The van der Waals surface area contributed by atoms with Gasteiger partial charge in [0.05, 0.1) is 6.54 Å². The largest absolute Gasteiger partial charge is 0.465 e. The smallest absolute Gasteiger partial charge is 0.407 e. The summed E-state index contributed by atoms with van der Waals surface area (Å²) in [7, 11) is 0. The molecule has 5 heteroatoms. The quantitative estimate of drug-likeness (QED) is 0.514. The lowest BCUT2D eigenvalue weighted by Crippen LogP contribution is -2.29. The van der Waals surface area contributed by atoms with E-state index in [-0.39, 0.29) is 5.78 Å². The van der Waals surface area contributed by atoms with Gasteiger partial charge in [0.2, 0.25) is 0 Å². The standard InChI is InChI=1S/C20H24N2O3/c23-19(18-10-4-3-5-11-18)12-6-1-2-7-14-22(20(24)25)16-17-9-8-13-21-15-17/h3-5,8-11,13,15H,1-2,6-7,12,14,16H2,(H,24,25). The average Bonchev–Trinajstić information content (AvgIpc) is 2.64. The molecule has 0 atom stereocenters. The topological polar surface area (TPSA) is 70.5 Å². The molecular weight excluding hydrogens is 316 g/mol. The number of ketones is 1. The van der Waals surface area contributed by atoms with Crippen LogP contribution in [0.1, 0.15) is 48.0 Å². The van der Waals surface area contributed by atoms with E-state index >= 15 is 0 Å². The summed E-state index contributed by atoms with van der Waals surface area (Å²) in [4.78, 5) is 28.7. The van der Waals surface area contributed by atoms with E-state index in [1.165, 1.54) is 4.90 Å². The van der Waals surface area contributed by atoms with Gasteiger partial charge in [-0.25, -0.2) is 4.79 Å². The molecule has 1 heterocycles. The lowest BCUT2D eigenvalue weighted by Gasteiger charge is -2.19. The Morgan fingerprint density at radius 1 is 0.960 bits per heavy atom. The van der Waals surface area contributed by atoms with Crippen LogP contribution in [0.25, 0.3) is 0 Å². The van der Waals surface area contributed by atoms with Gasteiger partial charge in [-0.3, -0.25) is 9.78 Å². The van der Waals surface area contributed by atoms with Crippen LogP contribution in [0.15, 0.2) is 54.9 Å². The molecule has 0 saturated heterocycles. The van der Waals surface area contributed by atoms with E-state index in [1.807, 2.05) is 36.4 Å². The maximum Gasteiger partial charge on any atom is 0.407 e. The molecule has 0 spiro atoms. The second-order valence-corrected chi connectivity index (χ2v) is 6.02. The predicted octanol–water partition coefficient (Wildman–Crippen LogP) is 4.40. The SMILES string of the molecule is O=C(CCCCCCN(Cc1cccnc1)C(=O)O)c1ccccc1. The molecule has 25 heavy (non-hydrogen) atoms. The first kappa shape index (κ1) is 18.6. The highest BCUT2D eigenvalue weighted by molar-refractivity contribution is 5.95. The maximum atomic E-state index is 12.0. The van der Waals surface area contributed by atoms with Crippen LogP contribution >= 0.6 is 0 Å². The van der Waals surface area contributed by atoms with E-state index in [0.29, 0.717) is 19.5 Å². The van der Waals surface area contributed by atoms with E-state index in [1.54, 1.807) is 18.5 Å². The van der Waals surface area contributed by atoms with E-state index in [0.717, 1.165) is 36.8 Å². The van der Waals surface area contributed by atoms with Crippen LogP contribution in [0.5, 0.6) is 0 Å². The van der Waals surface area contributed by atoms with Crippen LogP contribution in [0.2, 0.25) is 0 Å². The van der Waals surface area contributed by atoms with Gasteiger partial charge in [-0.2, -0.15) is 0 Å². The van der Waals surface area contributed by atoms with Crippen molar-refractivity contribution in [3.05, 3.63) is 66.0 Å². The maximum absolute atomic E-state index is 12.0.